The molecule has 0 fully saturated rings. The Morgan fingerprint density at radius 3 is 2.23 bits per heavy atom. The number of rotatable bonds is 5. The number of nitro benzene ring substituents is 1. The van der Waals surface area contributed by atoms with Crippen molar-refractivity contribution in [3.63, 3.8) is 0 Å². The van der Waals surface area contributed by atoms with E-state index in [9.17, 15) is 14.9 Å². The van der Waals surface area contributed by atoms with Gasteiger partial charge < -0.3 is 0 Å². The molecule has 0 saturated carbocycles. The average molecular weight is 343 g/mol. The Morgan fingerprint density at radius 1 is 0.923 bits per heavy atom. The van der Waals surface area contributed by atoms with Crippen molar-refractivity contribution >= 4 is 17.5 Å². The van der Waals surface area contributed by atoms with Gasteiger partial charge in [-0.05, 0) is 29.7 Å². The predicted octanol–water partition coefficient (Wildman–Crippen LogP) is 5.47. The zero-order valence-electron chi connectivity index (χ0n) is 14.3. The number of hydrogen-bond acceptors (Lipinski definition) is 3. The van der Waals surface area contributed by atoms with E-state index in [1.54, 1.807) is 25.1 Å². The van der Waals surface area contributed by atoms with Crippen molar-refractivity contribution in [2.45, 2.75) is 6.92 Å². The second-order valence-corrected chi connectivity index (χ2v) is 5.94. The first-order valence-corrected chi connectivity index (χ1v) is 8.17. The Balaban J connectivity index is 1.76. The summed E-state index contributed by atoms with van der Waals surface area (Å²) in [6, 6.07) is 22.4. The predicted molar refractivity (Wildman–Crippen MR) is 103 cm³/mol. The third-order valence-electron chi connectivity index (χ3n) is 4.14. The van der Waals surface area contributed by atoms with Gasteiger partial charge in [-0.1, -0.05) is 72.8 Å². The van der Waals surface area contributed by atoms with Crippen LogP contribution in [0.15, 0.2) is 78.9 Å². The van der Waals surface area contributed by atoms with Crippen LogP contribution >= 0.6 is 0 Å². The molecule has 4 nitrogen and oxygen atoms in total. The van der Waals surface area contributed by atoms with Crippen LogP contribution in [0.4, 0.5) is 5.69 Å². The minimum atomic E-state index is -0.474. The number of aryl methyl sites for hydroxylation is 1. The van der Waals surface area contributed by atoms with Crippen molar-refractivity contribution in [2.75, 3.05) is 0 Å². The van der Waals surface area contributed by atoms with Crippen LogP contribution in [0.2, 0.25) is 0 Å². The fraction of sp³-hybridized carbons (Fsp3) is 0.0455. The van der Waals surface area contributed by atoms with E-state index < -0.39 is 4.92 Å². The second-order valence-electron chi connectivity index (χ2n) is 5.94. The third-order valence-corrected chi connectivity index (χ3v) is 4.14. The van der Waals surface area contributed by atoms with E-state index in [1.807, 2.05) is 54.6 Å². The van der Waals surface area contributed by atoms with E-state index >= 15 is 0 Å². The van der Waals surface area contributed by atoms with Crippen molar-refractivity contribution in [1.29, 1.82) is 0 Å². The van der Waals surface area contributed by atoms with Gasteiger partial charge in [-0.25, -0.2) is 0 Å². The summed E-state index contributed by atoms with van der Waals surface area (Å²) in [5.74, 6) is -0.264. The summed E-state index contributed by atoms with van der Waals surface area (Å²) < 4.78 is 0. The number of benzene rings is 3. The van der Waals surface area contributed by atoms with Gasteiger partial charge in [-0.15, -0.1) is 0 Å². The highest BCUT2D eigenvalue weighted by atomic mass is 16.6. The first-order valence-electron chi connectivity index (χ1n) is 8.17. The lowest BCUT2D eigenvalue weighted by molar-refractivity contribution is -0.385. The summed E-state index contributed by atoms with van der Waals surface area (Å²) in [6.07, 6.45) is 3.15. The Labute approximate surface area is 151 Å². The van der Waals surface area contributed by atoms with Gasteiger partial charge in [-0.3, -0.25) is 14.9 Å². The molecule has 0 radical (unpaired) electrons. The van der Waals surface area contributed by atoms with Gasteiger partial charge in [0.2, 0.25) is 0 Å². The van der Waals surface area contributed by atoms with Gasteiger partial charge in [0.25, 0.3) is 5.69 Å². The smallest absolute Gasteiger partial charge is 0.273 e. The van der Waals surface area contributed by atoms with Crippen molar-refractivity contribution < 1.29 is 9.72 Å². The normalized spacial score (nSPS) is 10.8. The summed E-state index contributed by atoms with van der Waals surface area (Å²) >= 11 is 0. The van der Waals surface area contributed by atoms with Gasteiger partial charge >= 0.3 is 0 Å². The molecular weight excluding hydrogens is 326 g/mol. The monoisotopic (exact) mass is 343 g/mol. The molecule has 0 unspecified atom stereocenters. The molecule has 0 aliphatic rings. The molecule has 0 amide bonds. The molecule has 26 heavy (non-hydrogen) atoms. The maximum Gasteiger partial charge on any atom is 0.273 e. The lowest BCUT2D eigenvalue weighted by Gasteiger charge is -2.02. The largest absolute Gasteiger partial charge is 0.289 e. The average Bonchev–Trinajstić information content (AvgIpc) is 2.67. The Bertz CT molecular complexity index is 974. The fourth-order valence-corrected chi connectivity index (χ4v) is 2.64. The van der Waals surface area contributed by atoms with Gasteiger partial charge in [0, 0.05) is 17.2 Å². The molecule has 0 N–H and O–H groups in total. The van der Waals surface area contributed by atoms with Crippen LogP contribution in [0.1, 0.15) is 21.5 Å². The molecule has 0 heterocycles. The lowest BCUT2D eigenvalue weighted by Crippen LogP contribution is -1.98. The maximum absolute atomic E-state index is 12.3. The number of ketones is 1. The molecule has 3 aromatic carbocycles. The molecule has 0 bridgehead atoms. The minimum Gasteiger partial charge on any atom is -0.289 e. The molecule has 0 aliphatic heterocycles. The van der Waals surface area contributed by atoms with Gasteiger partial charge in [0.15, 0.2) is 5.78 Å². The Hall–Kier alpha value is -3.53. The SMILES string of the molecule is Cc1ccc(C(=O)/C=C/c2ccc(-c3ccccc3)cc2)cc1[N+](=O)[O-]. The maximum atomic E-state index is 12.3. The van der Waals surface area contributed by atoms with Crippen LogP contribution in [0, 0.1) is 17.0 Å². The molecule has 3 aromatic rings. The molecule has 4 heteroatoms. The van der Waals surface area contributed by atoms with E-state index in [4.69, 9.17) is 0 Å². The number of nitro groups is 1. The van der Waals surface area contributed by atoms with Crippen LogP contribution in [-0.4, -0.2) is 10.7 Å². The molecule has 0 aromatic heterocycles. The zero-order valence-corrected chi connectivity index (χ0v) is 14.3. The lowest BCUT2D eigenvalue weighted by atomic mass is 10.0. The van der Waals surface area contributed by atoms with Gasteiger partial charge in [0.1, 0.15) is 0 Å². The minimum absolute atomic E-state index is 0.0449. The number of allylic oxidation sites excluding steroid dienone is 1. The molecule has 0 spiro atoms. The van der Waals surface area contributed by atoms with E-state index in [0.717, 1.165) is 16.7 Å². The summed E-state index contributed by atoms with van der Waals surface area (Å²) in [5, 5.41) is 11.0. The van der Waals surface area contributed by atoms with Crippen LogP contribution in [-0.2, 0) is 0 Å². The highest BCUT2D eigenvalue weighted by Crippen LogP contribution is 2.21. The first-order chi connectivity index (χ1) is 12.5. The summed E-state index contributed by atoms with van der Waals surface area (Å²) in [6.45, 7) is 1.65. The summed E-state index contributed by atoms with van der Waals surface area (Å²) in [5.41, 5.74) is 3.91. The highest BCUT2D eigenvalue weighted by Gasteiger charge is 2.13. The fourth-order valence-electron chi connectivity index (χ4n) is 2.64. The van der Waals surface area contributed by atoms with E-state index in [1.165, 1.54) is 12.1 Å². The van der Waals surface area contributed by atoms with Crippen molar-refractivity contribution in [3.05, 3.63) is 106 Å². The molecule has 0 aliphatic carbocycles. The Kier molecular flexibility index (Phi) is 5.04. The number of nitrogens with zero attached hydrogens (tertiary/aromatic N) is 1. The Morgan fingerprint density at radius 2 is 1.58 bits per heavy atom. The molecule has 0 saturated heterocycles. The van der Waals surface area contributed by atoms with E-state index in [-0.39, 0.29) is 11.5 Å². The van der Waals surface area contributed by atoms with E-state index in [2.05, 4.69) is 0 Å². The highest BCUT2D eigenvalue weighted by molar-refractivity contribution is 6.07. The second kappa shape index (κ2) is 7.57. The zero-order chi connectivity index (χ0) is 18.5. The number of carbonyl (C=O) groups is 1. The first kappa shape index (κ1) is 17.3. The molecule has 0 atom stereocenters. The van der Waals surface area contributed by atoms with Gasteiger partial charge in [-0.2, -0.15) is 0 Å². The summed E-state index contributed by atoms with van der Waals surface area (Å²) in [7, 11) is 0. The standard InChI is InChI=1S/C22H17NO3/c1-16-7-11-20(15-21(16)23(25)26)22(24)14-10-17-8-12-19(13-9-17)18-5-3-2-4-6-18/h2-15H,1H3/b14-10+. The molecule has 128 valence electrons. The molecular formula is C22H17NO3. The van der Waals surface area contributed by atoms with Crippen LogP contribution in [0.25, 0.3) is 17.2 Å². The van der Waals surface area contributed by atoms with Crippen LogP contribution < -0.4 is 0 Å². The van der Waals surface area contributed by atoms with Crippen molar-refractivity contribution in [2.24, 2.45) is 0 Å². The van der Waals surface area contributed by atoms with Crippen molar-refractivity contribution in [3.8, 4) is 11.1 Å². The quantitative estimate of drug-likeness (QED) is 0.267. The van der Waals surface area contributed by atoms with Crippen LogP contribution in [0.3, 0.4) is 0 Å². The molecule has 3 rings (SSSR count). The van der Waals surface area contributed by atoms with E-state index in [0.29, 0.717) is 11.1 Å². The van der Waals surface area contributed by atoms with Crippen molar-refractivity contribution in [1.82, 2.24) is 0 Å². The third kappa shape index (κ3) is 3.92. The number of hydrogen-bond donors (Lipinski definition) is 0. The van der Waals surface area contributed by atoms with Crippen LogP contribution in [0.5, 0.6) is 0 Å². The topological polar surface area (TPSA) is 60.2 Å². The summed E-state index contributed by atoms with van der Waals surface area (Å²) in [4.78, 5) is 22.8. The number of carbonyl (C=O) groups excluding carboxylic acids is 1. The van der Waals surface area contributed by atoms with Gasteiger partial charge in [0.05, 0.1) is 4.92 Å².